The predicted octanol–water partition coefficient (Wildman–Crippen LogP) is 3.53. The number of hydrogen-bond donors (Lipinski definition) is 1. The number of amides is 1. The van der Waals surface area contributed by atoms with Crippen LogP contribution in [-0.4, -0.2) is 12.0 Å². The van der Waals surface area contributed by atoms with E-state index in [0.717, 1.165) is 12.1 Å². The Kier molecular flexibility index (Phi) is 5.16. The average molecular weight is 294 g/mol. The van der Waals surface area contributed by atoms with Gasteiger partial charge in [0.05, 0.1) is 5.56 Å². The smallest absolute Gasteiger partial charge is 0.265 e. The van der Waals surface area contributed by atoms with Crippen LogP contribution in [0.5, 0.6) is 5.75 Å². The molecule has 0 aliphatic rings. The lowest BCUT2D eigenvalue weighted by Gasteiger charge is -2.15. The summed E-state index contributed by atoms with van der Waals surface area (Å²) in [7, 11) is 0. The molecule has 0 saturated heterocycles. The molecule has 22 heavy (non-hydrogen) atoms. The quantitative estimate of drug-likeness (QED) is 0.917. The molecule has 0 unspecified atom stereocenters. The molecule has 0 saturated carbocycles. The molecule has 0 heterocycles. The number of nitriles is 1. The van der Waals surface area contributed by atoms with Gasteiger partial charge in [-0.2, -0.15) is 5.26 Å². The van der Waals surface area contributed by atoms with E-state index in [4.69, 9.17) is 10.00 Å². The Hall–Kier alpha value is -2.80. The molecule has 1 amide bonds. The van der Waals surface area contributed by atoms with Crippen LogP contribution >= 0.6 is 0 Å². The van der Waals surface area contributed by atoms with E-state index in [0.29, 0.717) is 11.3 Å². The van der Waals surface area contributed by atoms with Crippen molar-refractivity contribution in [1.29, 1.82) is 5.26 Å². The van der Waals surface area contributed by atoms with E-state index in [1.54, 1.807) is 31.2 Å². The molecule has 0 bridgehead atoms. The first-order chi connectivity index (χ1) is 10.6. The highest BCUT2D eigenvalue weighted by Gasteiger charge is 2.16. The Labute approximate surface area is 130 Å². The lowest BCUT2D eigenvalue weighted by molar-refractivity contribution is -0.122. The van der Waals surface area contributed by atoms with Crippen molar-refractivity contribution in [3.63, 3.8) is 0 Å². The van der Waals surface area contributed by atoms with E-state index >= 15 is 0 Å². The minimum Gasteiger partial charge on any atom is -0.480 e. The number of benzene rings is 2. The van der Waals surface area contributed by atoms with Crippen molar-refractivity contribution in [3.8, 4) is 11.8 Å². The van der Waals surface area contributed by atoms with Crippen LogP contribution in [0.25, 0.3) is 0 Å². The second-order valence-corrected chi connectivity index (χ2v) is 4.91. The summed E-state index contributed by atoms with van der Waals surface area (Å²) in [6.45, 7) is 3.74. The van der Waals surface area contributed by atoms with Crippen LogP contribution in [-0.2, 0) is 11.2 Å². The van der Waals surface area contributed by atoms with Crippen molar-refractivity contribution in [2.75, 3.05) is 5.32 Å². The van der Waals surface area contributed by atoms with E-state index < -0.39 is 6.10 Å². The van der Waals surface area contributed by atoms with Gasteiger partial charge in [0.25, 0.3) is 5.91 Å². The van der Waals surface area contributed by atoms with Gasteiger partial charge in [0.1, 0.15) is 11.8 Å². The van der Waals surface area contributed by atoms with Crippen LogP contribution in [0.1, 0.15) is 25.0 Å². The van der Waals surface area contributed by atoms with Crippen molar-refractivity contribution in [2.45, 2.75) is 26.4 Å². The number of carbonyl (C=O) groups is 1. The van der Waals surface area contributed by atoms with Crippen molar-refractivity contribution in [2.24, 2.45) is 0 Å². The summed E-state index contributed by atoms with van der Waals surface area (Å²) in [5.41, 5.74) is 2.35. The molecule has 4 heteroatoms. The third-order valence-corrected chi connectivity index (χ3v) is 3.31. The molecule has 1 N–H and O–H groups in total. The largest absolute Gasteiger partial charge is 0.480 e. The molecule has 112 valence electrons. The molecule has 2 aromatic carbocycles. The Bertz CT molecular complexity index is 687. The fourth-order valence-corrected chi connectivity index (χ4v) is 1.97. The highest BCUT2D eigenvalue weighted by molar-refractivity contribution is 5.94. The second-order valence-electron chi connectivity index (χ2n) is 4.91. The number of rotatable bonds is 5. The maximum Gasteiger partial charge on any atom is 0.265 e. The summed E-state index contributed by atoms with van der Waals surface area (Å²) in [6.07, 6.45) is 0.263. The summed E-state index contributed by atoms with van der Waals surface area (Å²) >= 11 is 0. The number of nitrogens with one attached hydrogen (secondary N) is 1. The molecule has 2 rings (SSSR count). The van der Waals surface area contributed by atoms with Gasteiger partial charge in [-0.25, -0.2) is 0 Å². The predicted molar refractivity (Wildman–Crippen MR) is 85.7 cm³/mol. The lowest BCUT2D eigenvalue weighted by atomic mass is 10.1. The van der Waals surface area contributed by atoms with Crippen LogP contribution < -0.4 is 10.1 Å². The van der Waals surface area contributed by atoms with Gasteiger partial charge in [-0.05, 0) is 43.2 Å². The summed E-state index contributed by atoms with van der Waals surface area (Å²) in [5.74, 6) is 0.158. The van der Waals surface area contributed by atoms with Crippen molar-refractivity contribution in [3.05, 3.63) is 59.7 Å². The van der Waals surface area contributed by atoms with Gasteiger partial charge in [0, 0.05) is 5.69 Å². The molecule has 0 aliphatic heterocycles. The molecule has 2 aromatic rings. The topological polar surface area (TPSA) is 62.1 Å². The van der Waals surface area contributed by atoms with Gasteiger partial charge < -0.3 is 10.1 Å². The van der Waals surface area contributed by atoms with Crippen molar-refractivity contribution < 1.29 is 9.53 Å². The minimum atomic E-state index is -0.694. The number of aryl methyl sites for hydroxylation is 1. The van der Waals surface area contributed by atoms with Gasteiger partial charge in [-0.1, -0.05) is 31.2 Å². The van der Waals surface area contributed by atoms with Gasteiger partial charge >= 0.3 is 0 Å². The average Bonchev–Trinajstić information content (AvgIpc) is 2.56. The van der Waals surface area contributed by atoms with E-state index in [2.05, 4.69) is 12.2 Å². The van der Waals surface area contributed by atoms with Crippen molar-refractivity contribution in [1.82, 2.24) is 0 Å². The number of nitrogens with zero attached hydrogens (tertiary/aromatic N) is 1. The monoisotopic (exact) mass is 294 g/mol. The lowest BCUT2D eigenvalue weighted by Crippen LogP contribution is -2.30. The molecule has 0 aliphatic carbocycles. The molecular weight excluding hydrogens is 276 g/mol. The van der Waals surface area contributed by atoms with Crippen LogP contribution in [0.2, 0.25) is 0 Å². The molecule has 0 aromatic heterocycles. The molecular formula is C18H18N2O2. The summed E-state index contributed by atoms with van der Waals surface area (Å²) < 4.78 is 5.58. The standard InChI is InChI=1S/C18H18N2O2/c1-3-14-8-10-16(11-9-14)20-18(21)13(2)22-17-7-5-4-6-15(17)12-19/h4-11,13H,3H2,1-2H3,(H,20,21)/t13-/m1/s1. The fraction of sp³-hybridized carbons (Fsp3) is 0.222. The molecule has 0 fully saturated rings. The van der Waals surface area contributed by atoms with Crippen LogP contribution in [0, 0.1) is 11.3 Å². The Balaban J connectivity index is 2.01. The summed E-state index contributed by atoms with van der Waals surface area (Å²) in [5, 5.41) is 11.8. The van der Waals surface area contributed by atoms with E-state index in [9.17, 15) is 4.79 Å². The maximum absolute atomic E-state index is 12.2. The van der Waals surface area contributed by atoms with Crippen molar-refractivity contribution >= 4 is 11.6 Å². The zero-order valence-corrected chi connectivity index (χ0v) is 12.7. The SMILES string of the molecule is CCc1ccc(NC(=O)[C@@H](C)Oc2ccccc2C#N)cc1. The first-order valence-corrected chi connectivity index (χ1v) is 7.19. The highest BCUT2D eigenvalue weighted by Crippen LogP contribution is 2.19. The van der Waals surface area contributed by atoms with E-state index in [1.165, 1.54) is 5.56 Å². The third kappa shape index (κ3) is 3.86. The maximum atomic E-state index is 12.2. The number of anilines is 1. The number of carbonyl (C=O) groups excluding carboxylic acids is 1. The third-order valence-electron chi connectivity index (χ3n) is 3.31. The summed E-state index contributed by atoms with van der Waals surface area (Å²) in [4.78, 5) is 12.2. The van der Waals surface area contributed by atoms with E-state index in [1.807, 2.05) is 30.3 Å². The summed E-state index contributed by atoms with van der Waals surface area (Å²) in [6, 6.07) is 16.6. The molecule has 0 radical (unpaired) electrons. The molecule has 4 nitrogen and oxygen atoms in total. The normalized spacial score (nSPS) is 11.3. The molecule has 1 atom stereocenters. The number of hydrogen-bond acceptors (Lipinski definition) is 3. The zero-order chi connectivity index (χ0) is 15.9. The number of ether oxygens (including phenoxy) is 1. The van der Waals surface area contributed by atoms with Crippen LogP contribution in [0.3, 0.4) is 0 Å². The van der Waals surface area contributed by atoms with Crippen LogP contribution in [0.4, 0.5) is 5.69 Å². The fourth-order valence-electron chi connectivity index (χ4n) is 1.97. The second kappa shape index (κ2) is 7.28. The van der Waals surface area contributed by atoms with Gasteiger partial charge in [-0.3, -0.25) is 4.79 Å². The number of para-hydroxylation sites is 1. The van der Waals surface area contributed by atoms with Crippen LogP contribution in [0.15, 0.2) is 48.5 Å². The first-order valence-electron chi connectivity index (χ1n) is 7.19. The first kappa shape index (κ1) is 15.6. The van der Waals surface area contributed by atoms with Gasteiger partial charge in [0.15, 0.2) is 6.10 Å². The van der Waals surface area contributed by atoms with E-state index in [-0.39, 0.29) is 5.91 Å². The Morgan fingerprint density at radius 3 is 2.55 bits per heavy atom. The molecule has 0 spiro atoms. The minimum absolute atomic E-state index is 0.253. The highest BCUT2D eigenvalue weighted by atomic mass is 16.5. The van der Waals surface area contributed by atoms with Gasteiger partial charge in [-0.15, -0.1) is 0 Å². The zero-order valence-electron chi connectivity index (χ0n) is 12.7. The van der Waals surface area contributed by atoms with Gasteiger partial charge in [0.2, 0.25) is 0 Å². The Morgan fingerprint density at radius 1 is 1.23 bits per heavy atom. The Morgan fingerprint density at radius 2 is 1.91 bits per heavy atom.